The van der Waals surface area contributed by atoms with Crippen LogP contribution in [0.15, 0.2) is 57.3 Å². The van der Waals surface area contributed by atoms with Crippen LogP contribution in [0.1, 0.15) is 70.0 Å². The molecule has 1 saturated carbocycles. The number of hydrogen-bond donors (Lipinski definition) is 1. The average molecular weight is 733 g/mol. The van der Waals surface area contributed by atoms with Crippen molar-refractivity contribution in [2.45, 2.75) is 75.9 Å². The summed E-state index contributed by atoms with van der Waals surface area (Å²) in [5.41, 5.74) is 2.75. The number of aromatic nitrogens is 3. The van der Waals surface area contributed by atoms with Crippen LogP contribution >= 0.6 is 39.3 Å². The first-order chi connectivity index (χ1) is 22.2. The van der Waals surface area contributed by atoms with Gasteiger partial charge in [0.15, 0.2) is 18.1 Å². The number of carbonyl (C=O) groups is 2. The number of esters is 1. The molecule has 0 radical (unpaired) electrons. The fraction of sp³-hybridized carbons (Fsp3) is 0.455. The summed E-state index contributed by atoms with van der Waals surface area (Å²) >= 11 is 11.5. The van der Waals surface area contributed by atoms with E-state index in [1.165, 1.54) is 18.9 Å². The van der Waals surface area contributed by atoms with Gasteiger partial charge in [0.25, 0.3) is 5.91 Å². The van der Waals surface area contributed by atoms with Gasteiger partial charge in [0.2, 0.25) is 11.1 Å². The van der Waals surface area contributed by atoms with Gasteiger partial charge in [0.1, 0.15) is 12.1 Å². The number of allylic oxidation sites excluding steroid dienone is 1. The van der Waals surface area contributed by atoms with Crippen LogP contribution < -0.4 is 14.8 Å². The molecule has 2 heterocycles. The van der Waals surface area contributed by atoms with E-state index in [0.29, 0.717) is 67.8 Å². The normalized spacial score (nSPS) is 16.4. The van der Waals surface area contributed by atoms with E-state index in [1.807, 2.05) is 51.1 Å². The van der Waals surface area contributed by atoms with Crippen molar-refractivity contribution in [2.75, 3.05) is 32.1 Å². The van der Waals surface area contributed by atoms with Crippen LogP contribution in [-0.2, 0) is 20.1 Å². The average Bonchev–Trinajstić information content (AvgIpc) is 3.46. The number of rotatable bonds is 12. The van der Waals surface area contributed by atoms with Crippen LogP contribution in [0.3, 0.4) is 0 Å². The number of thioether (sulfide) groups is 1. The number of likely N-dealkylation sites (N-methyl/N-ethyl adjacent to an activating group) is 1. The lowest BCUT2D eigenvalue weighted by atomic mass is 9.94. The summed E-state index contributed by atoms with van der Waals surface area (Å²) in [6, 6.07) is 10.7. The Morgan fingerprint density at radius 2 is 1.89 bits per heavy atom. The molecule has 1 unspecified atom stereocenters. The molecule has 0 bridgehead atoms. The van der Waals surface area contributed by atoms with Gasteiger partial charge in [-0.05, 0) is 91.7 Å². The predicted molar refractivity (Wildman–Crippen MR) is 183 cm³/mol. The highest BCUT2D eigenvalue weighted by Gasteiger charge is 2.37. The van der Waals surface area contributed by atoms with Gasteiger partial charge in [0.05, 0.1) is 17.2 Å². The van der Waals surface area contributed by atoms with Crippen molar-refractivity contribution in [3.05, 3.63) is 68.3 Å². The fourth-order valence-electron chi connectivity index (χ4n) is 5.76. The van der Waals surface area contributed by atoms with Gasteiger partial charge in [-0.25, -0.2) is 9.48 Å². The number of benzene rings is 2. The van der Waals surface area contributed by atoms with E-state index in [2.05, 4.69) is 21.2 Å². The standard InChI is InChI=1S/C33H39BrClN5O5S/c1-5-39(6-2)27(41)18-44-30-24(34)16-22(17-26(30)43-4)29-28(31(42)45-23-13-8-7-9-14-23)20(3)36-32-37-33(38-40(29)32)46-19-21-12-10-11-15-25(21)35/h10-12,15-17,23,29H,5-9,13-14,18-19H2,1-4H3,(H,36,37,38). The van der Waals surface area contributed by atoms with E-state index in [9.17, 15) is 9.59 Å². The molecule has 1 aromatic heterocycles. The summed E-state index contributed by atoms with van der Waals surface area (Å²) in [6.45, 7) is 6.75. The molecular formula is C33H39BrClN5O5S. The Labute approximate surface area is 287 Å². The number of amides is 1. The summed E-state index contributed by atoms with van der Waals surface area (Å²) in [5, 5.41) is 9.35. The Morgan fingerprint density at radius 3 is 2.59 bits per heavy atom. The first kappa shape index (κ1) is 34.1. The van der Waals surface area contributed by atoms with Crippen LogP contribution in [0.25, 0.3) is 0 Å². The van der Waals surface area contributed by atoms with Gasteiger partial charge in [-0.2, -0.15) is 4.98 Å². The number of hydrogen-bond acceptors (Lipinski definition) is 9. The molecule has 1 amide bonds. The second-order valence-electron chi connectivity index (χ2n) is 11.2. The highest BCUT2D eigenvalue weighted by Crippen LogP contribution is 2.44. The molecule has 0 spiro atoms. The number of carbonyl (C=O) groups excluding carboxylic acids is 2. The van der Waals surface area contributed by atoms with Crippen LogP contribution in [0, 0.1) is 0 Å². The van der Waals surface area contributed by atoms with E-state index in [-0.39, 0.29) is 18.6 Å². The zero-order valence-corrected chi connectivity index (χ0v) is 29.6. The third-order valence-electron chi connectivity index (χ3n) is 8.22. The molecule has 10 nitrogen and oxygen atoms in total. The van der Waals surface area contributed by atoms with Gasteiger partial charge in [-0.1, -0.05) is 48.0 Å². The van der Waals surface area contributed by atoms with Crippen molar-refractivity contribution in [2.24, 2.45) is 0 Å². The largest absolute Gasteiger partial charge is 0.493 e. The monoisotopic (exact) mass is 731 g/mol. The zero-order chi connectivity index (χ0) is 32.8. The lowest BCUT2D eigenvalue weighted by Crippen LogP contribution is -2.34. The topological polar surface area (TPSA) is 108 Å². The second kappa shape index (κ2) is 15.6. The van der Waals surface area contributed by atoms with Crippen LogP contribution in [-0.4, -0.2) is 64.5 Å². The summed E-state index contributed by atoms with van der Waals surface area (Å²) in [6.07, 6.45) is 4.82. The van der Waals surface area contributed by atoms with Crippen molar-refractivity contribution < 1.29 is 23.8 Å². The van der Waals surface area contributed by atoms with Crippen LogP contribution in [0.2, 0.25) is 5.02 Å². The molecule has 1 aliphatic carbocycles. The van der Waals surface area contributed by atoms with Gasteiger partial charge in [0, 0.05) is 29.6 Å². The molecule has 5 rings (SSSR count). The Morgan fingerprint density at radius 1 is 1.15 bits per heavy atom. The Balaban J connectivity index is 1.50. The van der Waals surface area contributed by atoms with Gasteiger partial charge in [-0.15, -0.1) is 5.10 Å². The van der Waals surface area contributed by atoms with Crippen LogP contribution in [0.5, 0.6) is 11.5 Å². The van der Waals surface area contributed by atoms with E-state index >= 15 is 0 Å². The van der Waals surface area contributed by atoms with E-state index in [0.717, 1.165) is 37.7 Å². The first-order valence-corrected chi connectivity index (χ1v) is 17.7. The zero-order valence-electron chi connectivity index (χ0n) is 26.5. The number of nitrogens with one attached hydrogen (secondary N) is 1. The molecule has 2 aliphatic rings. The molecule has 1 atom stereocenters. The van der Waals surface area contributed by atoms with Crippen molar-refractivity contribution >= 4 is 57.1 Å². The molecular weight excluding hydrogens is 694 g/mol. The number of nitrogens with zero attached hydrogens (tertiary/aromatic N) is 4. The third kappa shape index (κ3) is 7.66. The van der Waals surface area contributed by atoms with Gasteiger partial charge in [-0.3, -0.25) is 4.79 Å². The SMILES string of the molecule is CCN(CC)C(=O)COc1c(Br)cc(C2C(C(=O)OC3CCCCC3)=C(C)Nc3nc(SCc4ccccc4Cl)nn32)cc1OC. The van der Waals surface area contributed by atoms with Crippen molar-refractivity contribution in [1.29, 1.82) is 0 Å². The molecule has 1 N–H and O–H groups in total. The predicted octanol–water partition coefficient (Wildman–Crippen LogP) is 7.41. The molecule has 1 fully saturated rings. The van der Waals surface area contributed by atoms with Gasteiger partial charge >= 0.3 is 5.97 Å². The minimum atomic E-state index is -0.675. The van der Waals surface area contributed by atoms with Crippen molar-refractivity contribution in [1.82, 2.24) is 19.7 Å². The van der Waals surface area contributed by atoms with Crippen molar-refractivity contribution in [3.8, 4) is 11.5 Å². The summed E-state index contributed by atoms with van der Waals surface area (Å²) in [4.78, 5) is 33.1. The smallest absolute Gasteiger partial charge is 0.338 e. The molecule has 3 aromatic rings. The highest BCUT2D eigenvalue weighted by atomic mass is 79.9. The molecule has 2 aromatic carbocycles. The third-order valence-corrected chi connectivity index (χ3v) is 10.1. The summed E-state index contributed by atoms with van der Waals surface area (Å²) in [7, 11) is 1.54. The maximum absolute atomic E-state index is 13.9. The Bertz CT molecular complexity index is 1600. The number of fused-ring (bicyclic) bond motifs is 1. The highest BCUT2D eigenvalue weighted by molar-refractivity contribution is 9.10. The lowest BCUT2D eigenvalue weighted by molar-refractivity contribution is -0.146. The van der Waals surface area contributed by atoms with Gasteiger partial charge < -0.3 is 24.4 Å². The number of ether oxygens (including phenoxy) is 3. The molecule has 246 valence electrons. The van der Waals surface area contributed by atoms with E-state index in [4.69, 9.17) is 35.9 Å². The molecule has 0 saturated heterocycles. The molecule has 1 aliphatic heterocycles. The number of anilines is 1. The maximum Gasteiger partial charge on any atom is 0.338 e. The minimum absolute atomic E-state index is 0.123. The van der Waals surface area contributed by atoms with Crippen molar-refractivity contribution in [3.63, 3.8) is 0 Å². The summed E-state index contributed by atoms with van der Waals surface area (Å²) in [5.74, 6) is 1.35. The van der Waals surface area contributed by atoms with E-state index < -0.39 is 12.0 Å². The number of halogens is 2. The van der Waals surface area contributed by atoms with E-state index in [1.54, 1.807) is 15.6 Å². The molecule has 13 heteroatoms. The minimum Gasteiger partial charge on any atom is -0.493 e. The second-order valence-corrected chi connectivity index (χ2v) is 13.4. The lowest BCUT2D eigenvalue weighted by Gasteiger charge is -2.30. The quantitative estimate of drug-likeness (QED) is 0.151. The Kier molecular flexibility index (Phi) is 11.6. The fourth-order valence-corrected chi connectivity index (χ4v) is 7.45. The summed E-state index contributed by atoms with van der Waals surface area (Å²) < 4.78 is 20.1. The van der Waals surface area contributed by atoms with Crippen LogP contribution in [0.4, 0.5) is 5.95 Å². The maximum atomic E-state index is 13.9. The number of methoxy groups -OCH3 is 1. The first-order valence-electron chi connectivity index (χ1n) is 15.5. The Hall–Kier alpha value is -3.22. The molecule has 46 heavy (non-hydrogen) atoms.